The summed E-state index contributed by atoms with van der Waals surface area (Å²) in [7, 11) is 0. The Morgan fingerprint density at radius 2 is 2.00 bits per heavy atom. The summed E-state index contributed by atoms with van der Waals surface area (Å²) in [5.41, 5.74) is 1.32. The van der Waals surface area contributed by atoms with Crippen LogP contribution in [-0.4, -0.2) is 23.4 Å². The summed E-state index contributed by atoms with van der Waals surface area (Å²) in [6.07, 6.45) is 2.00. The van der Waals surface area contributed by atoms with Gasteiger partial charge in [-0.1, -0.05) is 30.3 Å². The second-order valence-corrected chi connectivity index (χ2v) is 4.97. The smallest absolute Gasteiger partial charge is 0.0657 e. The van der Waals surface area contributed by atoms with Crippen LogP contribution in [0.25, 0.3) is 0 Å². The summed E-state index contributed by atoms with van der Waals surface area (Å²) in [5.74, 6) is 0.911. The molecule has 0 atom stereocenters. The standard InChI is InChI=1S/C14H17ClN2/c15-6-7-17(14-8-13(9-14)10-16)11-12-4-2-1-3-5-12/h1-5,13-14H,6-9,11H2. The lowest BCUT2D eigenvalue weighted by Crippen LogP contribution is -2.44. The van der Waals surface area contributed by atoms with E-state index in [1.54, 1.807) is 0 Å². The first kappa shape index (κ1) is 12.4. The third-order valence-corrected chi connectivity index (χ3v) is 3.58. The molecule has 1 aromatic carbocycles. The van der Waals surface area contributed by atoms with Gasteiger partial charge in [0.2, 0.25) is 0 Å². The lowest BCUT2D eigenvalue weighted by Gasteiger charge is -2.40. The molecule has 0 unspecified atom stereocenters. The van der Waals surface area contributed by atoms with Gasteiger partial charge in [0.05, 0.1) is 6.07 Å². The van der Waals surface area contributed by atoms with Crippen LogP contribution in [0.5, 0.6) is 0 Å². The number of alkyl halides is 1. The molecule has 3 heteroatoms. The molecule has 0 saturated heterocycles. The van der Waals surface area contributed by atoms with E-state index in [0.717, 1.165) is 25.9 Å². The molecule has 1 fully saturated rings. The Morgan fingerprint density at radius 3 is 2.59 bits per heavy atom. The Hall–Kier alpha value is -1.04. The minimum atomic E-state index is 0.258. The number of nitrogens with zero attached hydrogens (tertiary/aromatic N) is 2. The molecule has 0 N–H and O–H groups in total. The van der Waals surface area contributed by atoms with Crippen LogP contribution in [0.3, 0.4) is 0 Å². The zero-order chi connectivity index (χ0) is 12.1. The van der Waals surface area contributed by atoms with E-state index in [-0.39, 0.29) is 5.92 Å². The maximum atomic E-state index is 8.81. The lowest BCUT2D eigenvalue weighted by molar-refractivity contribution is 0.0997. The molecule has 1 saturated carbocycles. The van der Waals surface area contributed by atoms with Crippen LogP contribution in [-0.2, 0) is 6.54 Å². The highest BCUT2D eigenvalue weighted by molar-refractivity contribution is 6.18. The number of hydrogen-bond donors (Lipinski definition) is 0. The van der Waals surface area contributed by atoms with E-state index in [1.807, 2.05) is 6.07 Å². The molecular formula is C14H17ClN2. The zero-order valence-corrected chi connectivity index (χ0v) is 10.6. The van der Waals surface area contributed by atoms with Gasteiger partial charge < -0.3 is 0 Å². The van der Waals surface area contributed by atoms with Crippen LogP contribution in [0.4, 0.5) is 0 Å². The number of halogens is 1. The maximum absolute atomic E-state index is 8.81. The van der Waals surface area contributed by atoms with Crippen molar-refractivity contribution in [1.29, 1.82) is 5.26 Å². The molecule has 1 aromatic rings. The van der Waals surface area contributed by atoms with E-state index in [9.17, 15) is 0 Å². The van der Waals surface area contributed by atoms with Gasteiger partial charge in [-0.05, 0) is 18.4 Å². The van der Waals surface area contributed by atoms with Crippen LogP contribution in [0.15, 0.2) is 30.3 Å². The number of nitriles is 1. The summed E-state index contributed by atoms with van der Waals surface area (Å²) in [6.45, 7) is 1.84. The quantitative estimate of drug-likeness (QED) is 0.749. The van der Waals surface area contributed by atoms with E-state index in [4.69, 9.17) is 16.9 Å². The Bertz CT molecular complexity index is 379. The summed E-state index contributed by atoms with van der Waals surface area (Å²) in [6, 6.07) is 13.3. The summed E-state index contributed by atoms with van der Waals surface area (Å²) >= 11 is 5.85. The fourth-order valence-electron chi connectivity index (χ4n) is 2.31. The highest BCUT2D eigenvalue weighted by Gasteiger charge is 2.33. The van der Waals surface area contributed by atoms with E-state index >= 15 is 0 Å². The van der Waals surface area contributed by atoms with Gasteiger partial charge in [0.25, 0.3) is 0 Å². The highest BCUT2D eigenvalue weighted by atomic mass is 35.5. The fourth-order valence-corrected chi connectivity index (χ4v) is 2.53. The van der Waals surface area contributed by atoms with Crippen molar-refractivity contribution in [1.82, 2.24) is 4.90 Å². The van der Waals surface area contributed by atoms with Crippen LogP contribution < -0.4 is 0 Å². The van der Waals surface area contributed by atoms with E-state index in [1.165, 1.54) is 5.56 Å². The van der Waals surface area contributed by atoms with Crippen LogP contribution in [0, 0.1) is 17.2 Å². The second-order valence-electron chi connectivity index (χ2n) is 4.60. The Balaban J connectivity index is 1.92. The van der Waals surface area contributed by atoms with E-state index in [0.29, 0.717) is 11.9 Å². The molecule has 0 spiro atoms. The third kappa shape index (κ3) is 3.21. The van der Waals surface area contributed by atoms with Crippen molar-refractivity contribution >= 4 is 11.6 Å². The first-order valence-corrected chi connectivity index (χ1v) is 6.60. The molecule has 0 bridgehead atoms. The van der Waals surface area contributed by atoms with Crippen molar-refractivity contribution in [3.8, 4) is 6.07 Å². The Morgan fingerprint density at radius 1 is 1.29 bits per heavy atom. The topological polar surface area (TPSA) is 27.0 Å². The molecule has 2 nitrogen and oxygen atoms in total. The molecule has 0 amide bonds. The van der Waals surface area contributed by atoms with Crippen LogP contribution in [0.1, 0.15) is 18.4 Å². The normalized spacial score (nSPS) is 23.1. The highest BCUT2D eigenvalue weighted by Crippen LogP contribution is 2.31. The summed E-state index contributed by atoms with van der Waals surface area (Å²) in [5, 5.41) is 8.81. The van der Waals surface area contributed by atoms with Crippen molar-refractivity contribution < 1.29 is 0 Å². The lowest BCUT2D eigenvalue weighted by atomic mass is 9.80. The van der Waals surface area contributed by atoms with Crippen LogP contribution in [0.2, 0.25) is 0 Å². The first-order valence-electron chi connectivity index (χ1n) is 6.07. The first-order chi connectivity index (χ1) is 8.33. The SMILES string of the molecule is N#CC1CC(N(CCCl)Cc2ccccc2)C1. The largest absolute Gasteiger partial charge is 0.295 e. The Kier molecular flexibility index (Phi) is 4.42. The van der Waals surface area contributed by atoms with Gasteiger partial charge in [-0.25, -0.2) is 0 Å². The Labute approximate surface area is 108 Å². The molecule has 0 aliphatic heterocycles. The zero-order valence-electron chi connectivity index (χ0n) is 9.85. The maximum Gasteiger partial charge on any atom is 0.0657 e. The molecule has 90 valence electrons. The molecule has 0 aromatic heterocycles. The van der Waals surface area contributed by atoms with Crippen molar-refractivity contribution in [2.24, 2.45) is 5.92 Å². The third-order valence-electron chi connectivity index (χ3n) is 3.41. The van der Waals surface area contributed by atoms with Crippen molar-refractivity contribution in [2.75, 3.05) is 12.4 Å². The van der Waals surface area contributed by atoms with Gasteiger partial charge >= 0.3 is 0 Å². The summed E-state index contributed by atoms with van der Waals surface area (Å²) < 4.78 is 0. The molecule has 1 aliphatic rings. The van der Waals surface area contributed by atoms with Crippen molar-refractivity contribution in [3.05, 3.63) is 35.9 Å². The van der Waals surface area contributed by atoms with Gasteiger partial charge in [0.1, 0.15) is 0 Å². The number of rotatable bonds is 5. The van der Waals surface area contributed by atoms with Crippen LogP contribution >= 0.6 is 11.6 Å². The molecule has 17 heavy (non-hydrogen) atoms. The summed E-state index contributed by atoms with van der Waals surface area (Å²) in [4.78, 5) is 2.40. The monoisotopic (exact) mass is 248 g/mol. The predicted molar refractivity (Wildman–Crippen MR) is 69.7 cm³/mol. The second kappa shape index (κ2) is 6.05. The minimum Gasteiger partial charge on any atom is -0.295 e. The number of hydrogen-bond acceptors (Lipinski definition) is 2. The molecule has 0 heterocycles. The van der Waals surface area contributed by atoms with E-state index in [2.05, 4.69) is 35.2 Å². The van der Waals surface area contributed by atoms with Gasteiger partial charge in [0.15, 0.2) is 0 Å². The molecule has 0 radical (unpaired) electrons. The predicted octanol–water partition coefficient (Wildman–Crippen LogP) is 3.03. The van der Waals surface area contributed by atoms with Gasteiger partial charge in [-0.15, -0.1) is 11.6 Å². The van der Waals surface area contributed by atoms with Gasteiger partial charge in [-0.2, -0.15) is 5.26 Å². The van der Waals surface area contributed by atoms with E-state index < -0.39 is 0 Å². The number of benzene rings is 1. The fraction of sp³-hybridized carbons (Fsp3) is 0.500. The molecule has 2 rings (SSSR count). The van der Waals surface area contributed by atoms with Crippen molar-refractivity contribution in [3.63, 3.8) is 0 Å². The molecule has 1 aliphatic carbocycles. The van der Waals surface area contributed by atoms with Crippen molar-refractivity contribution in [2.45, 2.75) is 25.4 Å². The minimum absolute atomic E-state index is 0.258. The van der Waals surface area contributed by atoms with Gasteiger partial charge in [0, 0.05) is 30.9 Å². The average molecular weight is 249 g/mol. The van der Waals surface area contributed by atoms with Gasteiger partial charge in [-0.3, -0.25) is 4.90 Å². The average Bonchev–Trinajstić information content (AvgIpc) is 2.29. The molecular weight excluding hydrogens is 232 g/mol.